The first-order chi connectivity index (χ1) is 9.56. The first kappa shape index (κ1) is 15.2. The first-order valence-corrected chi connectivity index (χ1v) is 7.59. The molecule has 3 nitrogen and oxygen atoms in total. The maximum Gasteiger partial charge on any atom is 0.250 e. The van der Waals surface area contributed by atoms with Gasteiger partial charge in [0.15, 0.2) is 5.82 Å². The number of hydrogen-bond acceptors (Lipinski definition) is 3. The number of aromatic nitrogens is 1. The Kier molecular flexibility index (Phi) is 5.35. The van der Waals surface area contributed by atoms with E-state index in [0.29, 0.717) is 18.2 Å². The molecule has 0 aliphatic heterocycles. The molecule has 20 heavy (non-hydrogen) atoms. The van der Waals surface area contributed by atoms with E-state index in [0.717, 1.165) is 31.6 Å². The van der Waals surface area contributed by atoms with Crippen LogP contribution < -0.4 is 10.1 Å². The molecular formula is C16H25FN2O. The van der Waals surface area contributed by atoms with E-state index in [1.807, 2.05) is 13.8 Å². The normalized spacial score (nSPS) is 23.1. The Hall–Kier alpha value is -1.16. The molecule has 1 aliphatic carbocycles. The molecule has 0 bridgehead atoms. The third-order valence-corrected chi connectivity index (χ3v) is 3.88. The maximum atomic E-state index is 14.3. The van der Waals surface area contributed by atoms with Crippen LogP contribution in [0.15, 0.2) is 12.3 Å². The topological polar surface area (TPSA) is 34.1 Å². The van der Waals surface area contributed by atoms with Gasteiger partial charge in [-0.05, 0) is 37.7 Å². The van der Waals surface area contributed by atoms with Gasteiger partial charge in [-0.25, -0.2) is 9.37 Å². The summed E-state index contributed by atoms with van der Waals surface area (Å²) in [5, 5.41) is 3.22. The molecule has 1 N–H and O–H groups in total. The number of hydrogen-bond donors (Lipinski definition) is 1. The second-order valence-electron chi connectivity index (χ2n) is 6.12. The lowest BCUT2D eigenvalue weighted by Crippen LogP contribution is -2.25. The Bertz CT molecular complexity index is 428. The number of ether oxygens (including phenoxy) is 1. The van der Waals surface area contributed by atoms with Gasteiger partial charge in [-0.1, -0.05) is 20.8 Å². The van der Waals surface area contributed by atoms with Gasteiger partial charge in [-0.15, -0.1) is 0 Å². The van der Waals surface area contributed by atoms with Gasteiger partial charge >= 0.3 is 0 Å². The Balaban J connectivity index is 1.99. The fraction of sp³-hybridized carbons (Fsp3) is 0.688. The summed E-state index contributed by atoms with van der Waals surface area (Å²) in [5.41, 5.74) is 0.618. The second kappa shape index (κ2) is 7.02. The minimum absolute atomic E-state index is 0.113. The molecule has 1 fully saturated rings. The van der Waals surface area contributed by atoms with Crippen molar-refractivity contribution < 1.29 is 9.13 Å². The summed E-state index contributed by atoms with van der Waals surface area (Å²) >= 11 is 0. The smallest absolute Gasteiger partial charge is 0.250 e. The lowest BCUT2D eigenvalue weighted by atomic mass is 9.89. The van der Waals surface area contributed by atoms with Crippen molar-refractivity contribution in [3.05, 3.63) is 23.6 Å². The van der Waals surface area contributed by atoms with Crippen LogP contribution >= 0.6 is 0 Å². The Labute approximate surface area is 120 Å². The van der Waals surface area contributed by atoms with Crippen LogP contribution in [-0.4, -0.2) is 17.1 Å². The largest absolute Gasteiger partial charge is 0.472 e. The molecule has 0 unspecified atom stereocenters. The van der Waals surface area contributed by atoms with Crippen LogP contribution in [0, 0.1) is 11.7 Å². The maximum absolute atomic E-state index is 14.3. The first-order valence-electron chi connectivity index (χ1n) is 7.59. The molecule has 1 aromatic rings. The van der Waals surface area contributed by atoms with Crippen molar-refractivity contribution in [2.45, 2.75) is 65.1 Å². The van der Waals surface area contributed by atoms with Crippen LogP contribution in [0.1, 0.15) is 52.0 Å². The lowest BCUT2D eigenvalue weighted by molar-refractivity contribution is 0.124. The van der Waals surface area contributed by atoms with Crippen molar-refractivity contribution in [2.75, 3.05) is 0 Å². The van der Waals surface area contributed by atoms with Crippen molar-refractivity contribution in [2.24, 2.45) is 5.92 Å². The van der Waals surface area contributed by atoms with Crippen molar-refractivity contribution in [1.82, 2.24) is 10.3 Å². The van der Waals surface area contributed by atoms with Gasteiger partial charge in [-0.3, -0.25) is 0 Å². The van der Waals surface area contributed by atoms with Crippen molar-refractivity contribution in [1.29, 1.82) is 0 Å². The van der Waals surface area contributed by atoms with Crippen molar-refractivity contribution in [3.63, 3.8) is 0 Å². The van der Waals surface area contributed by atoms with E-state index in [1.165, 1.54) is 0 Å². The lowest BCUT2D eigenvalue weighted by Gasteiger charge is -2.26. The van der Waals surface area contributed by atoms with Gasteiger partial charge in [0.25, 0.3) is 5.88 Å². The fourth-order valence-electron chi connectivity index (χ4n) is 2.50. The zero-order chi connectivity index (χ0) is 14.5. The number of nitrogens with one attached hydrogen (secondary N) is 1. The highest BCUT2D eigenvalue weighted by atomic mass is 19.1. The van der Waals surface area contributed by atoms with E-state index in [4.69, 9.17) is 4.74 Å². The Morgan fingerprint density at radius 2 is 2.05 bits per heavy atom. The highest BCUT2D eigenvalue weighted by molar-refractivity contribution is 5.23. The number of pyridine rings is 1. The summed E-state index contributed by atoms with van der Waals surface area (Å²) in [7, 11) is 0. The molecule has 0 radical (unpaired) electrons. The van der Waals surface area contributed by atoms with Gasteiger partial charge in [0.1, 0.15) is 6.10 Å². The highest BCUT2D eigenvalue weighted by Gasteiger charge is 2.22. The van der Waals surface area contributed by atoms with Crippen molar-refractivity contribution >= 4 is 0 Å². The predicted octanol–water partition coefficient (Wildman–Crippen LogP) is 3.68. The molecule has 0 amide bonds. The van der Waals surface area contributed by atoms with Crippen LogP contribution in [0.4, 0.5) is 4.39 Å². The van der Waals surface area contributed by atoms with Gasteiger partial charge in [0.05, 0.1) is 0 Å². The SMILES string of the molecule is CC1CCC(Oc2nccc(CNC(C)C)c2F)CC1. The Morgan fingerprint density at radius 1 is 1.35 bits per heavy atom. The quantitative estimate of drug-likeness (QED) is 0.893. The zero-order valence-electron chi connectivity index (χ0n) is 12.7. The molecule has 1 saturated carbocycles. The van der Waals surface area contributed by atoms with Crippen LogP contribution in [0.25, 0.3) is 0 Å². The average molecular weight is 280 g/mol. The molecule has 0 spiro atoms. The van der Waals surface area contributed by atoms with E-state index >= 15 is 0 Å². The summed E-state index contributed by atoms with van der Waals surface area (Å²) in [6.07, 6.45) is 6.04. The molecule has 1 heterocycles. The van der Waals surface area contributed by atoms with Gasteiger partial charge in [0, 0.05) is 24.3 Å². The minimum atomic E-state index is -0.320. The number of rotatable bonds is 5. The van der Waals surface area contributed by atoms with E-state index in [-0.39, 0.29) is 17.8 Å². The third-order valence-electron chi connectivity index (χ3n) is 3.88. The van der Waals surface area contributed by atoms with E-state index in [9.17, 15) is 4.39 Å². The van der Waals surface area contributed by atoms with E-state index < -0.39 is 0 Å². The van der Waals surface area contributed by atoms with Crippen molar-refractivity contribution in [3.8, 4) is 5.88 Å². The molecule has 1 aromatic heterocycles. The second-order valence-corrected chi connectivity index (χ2v) is 6.12. The third kappa shape index (κ3) is 4.17. The molecule has 2 rings (SSSR count). The number of halogens is 1. The van der Waals surface area contributed by atoms with E-state index in [2.05, 4.69) is 17.2 Å². The molecule has 112 valence electrons. The summed E-state index contributed by atoms with van der Waals surface area (Å²) in [5.74, 6) is 0.598. The molecule has 0 aromatic carbocycles. The summed E-state index contributed by atoms with van der Waals surface area (Å²) in [4.78, 5) is 4.05. The summed E-state index contributed by atoms with van der Waals surface area (Å²) in [6.45, 7) is 6.84. The van der Waals surface area contributed by atoms with E-state index in [1.54, 1.807) is 12.3 Å². The minimum Gasteiger partial charge on any atom is -0.472 e. The van der Waals surface area contributed by atoms with Crippen LogP contribution in [0.3, 0.4) is 0 Å². The molecular weight excluding hydrogens is 255 g/mol. The predicted molar refractivity (Wildman–Crippen MR) is 78.2 cm³/mol. The fourth-order valence-corrected chi connectivity index (χ4v) is 2.50. The van der Waals surface area contributed by atoms with Crippen LogP contribution in [0.5, 0.6) is 5.88 Å². The van der Waals surface area contributed by atoms with Crippen LogP contribution in [-0.2, 0) is 6.54 Å². The van der Waals surface area contributed by atoms with Crippen LogP contribution in [0.2, 0.25) is 0 Å². The molecule has 0 atom stereocenters. The summed E-state index contributed by atoms with van der Waals surface area (Å²) < 4.78 is 20.1. The summed E-state index contributed by atoms with van der Waals surface area (Å²) in [6, 6.07) is 2.03. The molecule has 1 aliphatic rings. The molecule has 0 saturated heterocycles. The zero-order valence-corrected chi connectivity index (χ0v) is 12.7. The average Bonchev–Trinajstić information content (AvgIpc) is 2.42. The van der Waals surface area contributed by atoms with Gasteiger partial charge in [0.2, 0.25) is 0 Å². The van der Waals surface area contributed by atoms with Gasteiger partial charge in [-0.2, -0.15) is 0 Å². The number of nitrogens with zero attached hydrogens (tertiary/aromatic N) is 1. The Morgan fingerprint density at radius 3 is 2.70 bits per heavy atom. The standard InChI is InChI=1S/C16H25FN2O/c1-11(2)19-10-13-8-9-18-16(15(13)17)20-14-6-4-12(3)5-7-14/h8-9,11-12,14,19H,4-7,10H2,1-3H3. The highest BCUT2D eigenvalue weighted by Crippen LogP contribution is 2.28. The monoisotopic (exact) mass is 280 g/mol. The molecule has 4 heteroatoms. The van der Waals surface area contributed by atoms with Gasteiger partial charge < -0.3 is 10.1 Å².